The first-order valence-electron chi connectivity index (χ1n) is 10.5. The van der Waals surface area contributed by atoms with E-state index in [1.165, 1.54) is 29.6 Å². The van der Waals surface area contributed by atoms with Crippen molar-refractivity contribution >= 4 is 33.9 Å². The van der Waals surface area contributed by atoms with E-state index in [2.05, 4.69) is 35.3 Å². The molecule has 166 valence electrons. The van der Waals surface area contributed by atoms with Crippen LogP contribution in [-0.2, 0) is 16.0 Å². The van der Waals surface area contributed by atoms with E-state index in [0.717, 1.165) is 42.0 Å². The molecule has 1 amide bonds. The number of rotatable bonds is 6. The molecule has 1 aliphatic heterocycles. The number of hydrogen-bond acceptors (Lipinski definition) is 6. The first-order valence-corrected chi connectivity index (χ1v) is 11.4. The van der Waals surface area contributed by atoms with E-state index in [0.29, 0.717) is 10.6 Å². The lowest BCUT2D eigenvalue weighted by Gasteiger charge is -2.31. The predicted octanol–water partition coefficient (Wildman–Crippen LogP) is 4.91. The van der Waals surface area contributed by atoms with E-state index < -0.39 is 5.97 Å². The molecule has 2 aromatic carbocycles. The number of carbonyl (C=O) groups is 2. The van der Waals surface area contributed by atoms with Crippen LogP contribution in [-0.4, -0.2) is 39.2 Å². The number of esters is 1. The van der Waals surface area contributed by atoms with Gasteiger partial charge in [-0.25, -0.2) is 4.79 Å². The van der Waals surface area contributed by atoms with Crippen LogP contribution >= 0.6 is 11.3 Å². The van der Waals surface area contributed by atoms with Gasteiger partial charge in [-0.2, -0.15) is 0 Å². The number of fused-ring (bicyclic) bond motifs is 1. The highest BCUT2D eigenvalue weighted by Crippen LogP contribution is 2.37. The van der Waals surface area contributed by atoms with E-state index in [4.69, 9.17) is 9.47 Å². The molecule has 1 N–H and O–H groups in total. The summed E-state index contributed by atoms with van der Waals surface area (Å²) < 4.78 is 10.2. The van der Waals surface area contributed by atoms with Gasteiger partial charge in [0.2, 0.25) is 5.91 Å². The van der Waals surface area contributed by atoms with Crippen LogP contribution in [0.2, 0.25) is 0 Å². The molecule has 32 heavy (non-hydrogen) atoms. The molecule has 0 saturated carbocycles. The second-order valence-corrected chi connectivity index (χ2v) is 8.66. The molecule has 0 radical (unpaired) electrons. The summed E-state index contributed by atoms with van der Waals surface area (Å²) in [6.45, 7) is 3.14. The Hall–Kier alpha value is -3.32. The number of anilines is 2. The molecular formula is C25H26N2O4S. The lowest BCUT2D eigenvalue weighted by molar-refractivity contribution is -0.115. The van der Waals surface area contributed by atoms with Crippen molar-refractivity contribution in [2.75, 3.05) is 37.5 Å². The molecule has 0 atom stereocenters. The molecule has 1 aromatic heterocycles. The second-order valence-electron chi connectivity index (χ2n) is 7.78. The minimum Gasteiger partial charge on any atom is -0.497 e. The Balaban J connectivity index is 1.56. The van der Waals surface area contributed by atoms with Gasteiger partial charge in [0.1, 0.15) is 16.3 Å². The Morgan fingerprint density at radius 1 is 1.12 bits per heavy atom. The zero-order valence-corrected chi connectivity index (χ0v) is 19.3. The number of hydrogen-bond donors (Lipinski definition) is 1. The van der Waals surface area contributed by atoms with E-state index in [1.54, 1.807) is 7.11 Å². The number of carbonyl (C=O) groups excluding carboxylic acids is 2. The van der Waals surface area contributed by atoms with Gasteiger partial charge in [0, 0.05) is 23.2 Å². The average molecular weight is 451 g/mol. The first-order chi connectivity index (χ1) is 15.5. The molecule has 0 saturated heterocycles. The summed E-state index contributed by atoms with van der Waals surface area (Å²) in [4.78, 5) is 27.6. The normalized spacial score (nSPS) is 12.8. The number of benzene rings is 2. The third-order valence-corrected chi connectivity index (χ3v) is 6.51. The van der Waals surface area contributed by atoms with Crippen molar-refractivity contribution in [3.8, 4) is 16.9 Å². The Bertz CT molecular complexity index is 1140. The maximum absolute atomic E-state index is 12.9. The fourth-order valence-electron chi connectivity index (χ4n) is 4.05. The van der Waals surface area contributed by atoms with Crippen LogP contribution in [0.25, 0.3) is 11.1 Å². The van der Waals surface area contributed by atoms with Crippen LogP contribution in [0.3, 0.4) is 0 Å². The molecule has 4 rings (SSSR count). The molecule has 0 aliphatic carbocycles. The van der Waals surface area contributed by atoms with Crippen molar-refractivity contribution < 1.29 is 19.1 Å². The smallest absolute Gasteiger partial charge is 0.341 e. The molecule has 0 unspecified atom stereocenters. The van der Waals surface area contributed by atoms with Crippen molar-refractivity contribution in [3.63, 3.8) is 0 Å². The number of nitrogens with one attached hydrogen (secondary N) is 1. The molecule has 2 heterocycles. The van der Waals surface area contributed by atoms with Crippen LogP contribution in [0.4, 0.5) is 10.7 Å². The quantitative estimate of drug-likeness (QED) is 0.541. The lowest BCUT2D eigenvalue weighted by Crippen LogP contribution is -2.36. The van der Waals surface area contributed by atoms with Gasteiger partial charge in [-0.15, -0.1) is 11.3 Å². The highest BCUT2D eigenvalue weighted by Gasteiger charge is 2.24. The lowest BCUT2D eigenvalue weighted by atomic mass is 9.99. The van der Waals surface area contributed by atoms with Gasteiger partial charge in [0.15, 0.2) is 0 Å². The molecular weight excluding hydrogens is 424 g/mol. The van der Waals surface area contributed by atoms with Crippen molar-refractivity contribution in [3.05, 3.63) is 64.5 Å². The van der Waals surface area contributed by atoms with E-state index >= 15 is 0 Å². The Morgan fingerprint density at radius 3 is 2.62 bits per heavy atom. The Labute approximate surface area is 191 Å². The van der Waals surface area contributed by atoms with Crippen molar-refractivity contribution in [2.24, 2.45) is 0 Å². The molecule has 3 aromatic rings. The number of amides is 1. The SMILES string of the molecule is COC(=O)c1c(-c2ccc(OC)cc2)csc1NC(=O)CN1CCCc2cc(C)ccc21. The number of aryl methyl sites for hydroxylation is 2. The van der Waals surface area contributed by atoms with Crippen LogP contribution in [0.5, 0.6) is 5.75 Å². The van der Waals surface area contributed by atoms with Crippen molar-refractivity contribution in [1.82, 2.24) is 0 Å². The maximum atomic E-state index is 12.9. The topological polar surface area (TPSA) is 67.9 Å². The summed E-state index contributed by atoms with van der Waals surface area (Å²) in [6, 6.07) is 13.8. The summed E-state index contributed by atoms with van der Waals surface area (Å²) in [7, 11) is 2.95. The van der Waals surface area contributed by atoms with Gasteiger partial charge in [0.05, 0.1) is 20.8 Å². The zero-order valence-electron chi connectivity index (χ0n) is 18.4. The monoisotopic (exact) mass is 450 g/mol. The number of ether oxygens (including phenoxy) is 2. The molecule has 7 heteroatoms. The standard InChI is InChI=1S/C25H26N2O4S/c1-16-6-11-21-18(13-16)5-4-12-27(21)14-22(28)26-24-23(25(29)31-3)20(15-32-24)17-7-9-19(30-2)10-8-17/h6-11,13,15H,4-5,12,14H2,1-3H3,(H,26,28). The van der Waals surface area contributed by atoms with Crippen LogP contribution in [0.1, 0.15) is 27.9 Å². The Kier molecular flexibility index (Phi) is 6.46. The second kappa shape index (κ2) is 9.44. The number of thiophene rings is 1. The van der Waals surface area contributed by atoms with Gasteiger partial charge < -0.3 is 19.7 Å². The molecule has 0 spiro atoms. The largest absolute Gasteiger partial charge is 0.497 e. The van der Waals surface area contributed by atoms with Crippen molar-refractivity contribution in [2.45, 2.75) is 19.8 Å². The fraction of sp³-hybridized carbons (Fsp3) is 0.280. The number of methoxy groups -OCH3 is 2. The predicted molar refractivity (Wildman–Crippen MR) is 128 cm³/mol. The summed E-state index contributed by atoms with van der Waals surface area (Å²) in [5, 5.41) is 5.30. The van der Waals surface area contributed by atoms with Crippen LogP contribution < -0.4 is 15.0 Å². The number of nitrogens with zero attached hydrogens (tertiary/aromatic N) is 1. The van der Waals surface area contributed by atoms with Crippen molar-refractivity contribution in [1.29, 1.82) is 0 Å². The van der Waals surface area contributed by atoms with E-state index in [-0.39, 0.29) is 12.5 Å². The first kappa shape index (κ1) is 21.9. The summed E-state index contributed by atoms with van der Waals surface area (Å²) in [5.74, 6) is 0.0898. The fourth-order valence-corrected chi connectivity index (χ4v) is 5.02. The zero-order chi connectivity index (χ0) is 22.7. The highest BCUT2D eigenvalue weighted by molar-refractivity contribution is 7.15. The maximum Gasteiger partial charge on any atom is 0.341 e. The van der Waals surface area contributed by atoms with Gasteiger partial charge in [0.25, 0.3) is 0 Å². The molecule has 1 aliphatic rings. The molecule has 0 bridgehead atoms. The highest BCUT2D eigenvalue weighted by atomic mass is 32.1. The minimum atomic E-state index is -0.480. The third-order valence-electron chi connectivity index (χ3n) is 5.62. The third kappa shape index (κ3) is 4.48. The summed E-state index contributed by atoms with van der Waals surface area (Å²) in [5.41, 5.74) is 5.54. The van der Waals surface area contributed by atoms with Gasteiger partial charge in [-0.05, 0) is 49.1 Å². The summed E-state index contributed by atoms with van der Waals surface area (Å²) in [6.07, 6.45) is 2.04. The average Bonchev–Trinajstić information content (AvgIpc) is 3.21. The molecule has 0 fully saturated rings. The van der Waals surface area contributed by atoms with Gasteiger partial charge in [-0.3, -0.25) is 4.79 Å². The van der Waals surface area contributed by atoms with Crippen LogP contribution in [0, 0.1) is 6.92 Å². The van der Waals surface area contributed by atoms with E-state index in [9.17, 15) is 9.59 Å². The molecule has 6 nitrogen and oxygen atoms in total. The van der Waals surface area contributed by atoms with Gasteiger partial charge in [-0.1, -0.05) is 29.8 Å². The van der Waals surface area contributed by atoms with E-state index in [1.807, 2.05) is 29.6 Å². The van der Waals surface area contributed by atoms with Crippen LogP contribution in [0.15, 0.2) is 47.8 Å². The Morgan fingerprint density at radius 2 is 1.91 bits per heavy atom. The summed E-state index contributed by atoms with van der Waals surface area (Å²) >= 11 is 1.32. The van der Waals surface area contributed by atoms with Gasteiger partial charge >= 0.3 is 5.97 Å². The minimum absolute atomic E-state index is 0.160.